The predicted molar refractivity (Wildman–Crippen MR) is 95.5 cm³/mol. The van der Waals surface area contributed by atoms with Crippen molar-refractivity contribution in [3.63, 3.8) is 0 Å². The van der Waals surface area contributed by atoms with Gasteiger partial charge in [0, 0.05) is 12.8 Å². The maximum Gasteiger partial charge on any atom is 0.227 e. The number of nitrogens with one attached hydrogen (secondary N) is 1. The van der Waals surface area contributed by atoms with Gasteiger partial charge in [0.1, 0.15) is 0 Å². The molecule has 1 N–H and O–H groups in total. The van der Waals surface area contributed by atoms with Crippen molar-refractivity contribution < 1.29 is 9.32 Å². The van der Waals surface area contributed by atoms with Crippen molar-refractivity contribution >= 4 is 34.5 Å². The van der Waals surface area contributed by atoms with Gasteiger partial charge in [0.15, 0.2) is 0 Å². The van der Waals surface area contributed by atoms with E-state index in [4.69, 9.17) is 16.1 Å². The lowest BCUT2D eigenvalue weighted by molar-refractivity contribution is -0.116. The van der Waals surface area contributed by atoms with Crippen molar-refractivity contribution in [3.05, 3.63) is 51.7 Å². The van der Waals surface area contributed by atoms with E-state index in [-0.39, 0.29) is 12.3 Å². The minimum absolute atomic E-state index is 0.139. The number of aromatic nitrogens is 2. The van der Waals surface area contributed by atoms with Gasteiger partial charge in [-0.25, -0.2) is 0 Å². The first kappa shape index (κ1) is 16.7. The number of carbonyl (C=O) groups is 1. The summed E-state index contributed by atoms with van der Waals surface area (Å²) in [6, 6.07) is 7.66. The molecule has 0 aliphatic heterocycles. The van der Waals surface area contributed by atoms with E-state index >= 15 is 0 Å². The van der Waals surface area contributed by atoms with E-state index in [0.29, 0.717) is 28.8 Å². The lowest BCUT2D eigenvalue weighted by Gasteiger charge is -2.11. The summed E-state index contributed by atoms with van der Waals surface area (Å²) in [6.45, 7) is 3.88. The molecule has 124 valence electrons. The van der Waals surface area contributed by atoms with Crippen LogP contribution in [0.1, 0.15) is 23.4 Å². The van der Waals surface area contributed by atoms with Crippen LogP contribution in [0.2, 0.25) is 5.02 Å². The number of nitrogens with zero attached hydrogens (tertiary/aromatic N) is 2. The first-order valence-electron chi connectivity index (χ1n) is 7.46. The van der Waals surface area contributed by atoms with Crippen molar-refractivity contribution in [1.82, 2.24) is 10.1 Å². The van der Waals surface area contributed by atoms with Crippen molar-refractivity contribution in [2.45, 2.75) is 26.7 Å². The number of carbonyl (C=O) groups excluding carboxylic acids is 1. The predicted octanol–water partition coefficient (Wildman–Crippen LogP) is 4.64. The Kier molecular flexibility index (Phi) is 4.97. The number of aryl methyl sites for hydroxylation is 3. The molecule has 0 atom stereocenters. The molecule has 0 bridgehead atoms. The van der Waals surface area contributed by atoms with Crippen LogP contribution in [-0.2, 0) is 11.2 Å². The van der Waals surface area contributed by atoms with Crippen LogP contribution in [0.4, 0.5) is 5.69 Å². The van der Waals surface area contributed by atoms with Crippen molar-refractivity contribution in [1.29, 1.82) is 0 Å². The van der Waals surface area contributed by atoms with Crippen LogP contribution in [0.5, 0.6) is 0 Å². The molecule has 0 radical (unpaired) electrons. The molecule has 0 fully saturated rings. The Hall–Kier alpha value is -2.18. The highest BCUT2D eigenvalue weighted by Gasteiger charge is 2.13. The monoisotopic (exact) mass is 361 g/mol. The molecule has 0 unspecified atom stereocenters. The van der Waals surface area contributed by atoms with Gasteiger partial charge in [-0.2, -0.15) is 4.98 Å². The first-order valence-corrected chi connectivity index (χ1v) is 8.72. The average Bonchev–Trinajstić information content (AvgIpc) is 3.19. The molecule has 0 spiro atoms. The molecule has 3 rings (SSSR count). The zero-order valence-corrected chi connectivity index (χ0v) is 14.9. The van der Waals surface area contributed by atoms with Crippen molar-refractivity contribution in [3.8, 4) is 10.7 Å². The average molecular weight is 362 g/mol. The van der Waals surface area contributed by atoms with Gasteiger partial charge in [0.25, 0.3) is 0 Å². The molecule has 0 aliphatic carbocycles. The molecule has 1 amide bonds. The van der Waals surface area contributed by atoms with Crippen molar-refractivity contribution in [2.24, 2.45) is 0 Å². The largest absolute Gasteiger partial charge is 0.339 e. The van der Waals surface area contributed by atoms with Gasteiger partial charge in [-0.15, -0.1) is 11.3 Å². The minimum Gasteiger partial charge on any atom is -0.339 e. The topological polar surface area (TPSA) is 68.0 Å². The van der Waals surface area contributed by atoms with Gasteiger partial charge in [-0.05, 0) is 42.5 Å². The van der Waals surface area contributed by atoms with Crippen LogP contribution in [0.15, 0.2) is 34.2 Å². The highest BCUT2D eigenvalue weighted by molar-refractivity contribution is 7.13. The zero-order chi connectivity index (χ0) is 17.1. The van der Waals surface area contributed by atoms with Gasteiger partial charge < -0.3 is 9.84 Å². The van der Waals surface area contributed by atoms with E-state index in [9.17, 15) is 4.79 Å². The molecular formula is C17H16ClN3O2S. The SMILES string of the molecule is Cc1cc(C)c(NC(=O)CCc2nc(-c3cccs3)no2)c(Cl)c1. The maximum atomic E-state index is 12.2. The van der Waals surface area contributed by atoms with Crippen LogP contribution in [0.25, 0.3) is 10.7 Å². The summed E-state index contributed by atoms with van der Waals surface area (Å²) in [4.78, 5) is 17.4. The first-order chi connectivity index (χ1) is 11.5. The number of benzene rings is 1. The van der Waals surface area contributed by atoms with Gasteiger partial charge in [-0.3, -0.25) is 4.79 Å². The molecule has 7 heteroatoms. The molecule has 2 aromatic heterocycles. The Labute approximate surface area is 148 Å². The smallest absolute Gasteiger partial charge is 0.227 e. The van der Waals surface area contributed by atoms with Crippen LogP contribution in [0.3, 0.4) is 0 Å². The molecule has 0 saturated heterocycles. The summed E-state index contributed by atoms with van der Waals surface area (Å²) in [5.41, 5.74) is 2.64. The number of hydrogen-bond donors (Lipinski definition) is 1. The highest BCUT2D eigenvalue weighted by atomic mass is 35.5. The number of amides is 1. The quantitative estimate of drug-likeness (QED) is 0.718. The molecule has 3 aromatic rings. The number of halogens is 1. The van der Waals surface area contributed by atoms with E-state index in [2.05, 4.69) is 15.5 Å². The van der Waals surface area contributed by atoms with Gasteiger partial charge in [-0.1, -0.05) is 28.9 Å². The van der Waals surface area contributed by atoms with Crippen LogP contribution >= 0.6 is 22.9 Å². The van der Waals surface area contributed by atoms with Crippen LogP contribution < -0.4 is 5.32 Å². The summed E-state index contributed by atoms with van der Waals surface area (Å²) >= 11 is 7.74. The van der Waals surface area contributed by atoms with E-state index in [1.54, 1.807) is 11.3 Å². The zero-order valence-electron chi connectivity index (χ0n) is 13.3. The molecule has 0 aliphatic rings. The molecular weight excluding hydrogens is 346 g/mol. The van der Waals surface area contributed by atoms with Crippen LogP contribution in [-0.4, -0.2) is 16.0 Å². The third-order valence-corrected chi connectivity index (χ3v) is 4.64. The second-order valence-corrected chi connectivity index (χ2v) is 6.83. The Balaban J connectivity index is 1.60. The van der Waals surface area contributed by atoms with Gasteiger partial charge in [0.05, 0.1) is 15.6 Å². The Bertz CT molecular complexity index is 836. The Morgan fingerprint density at radius 3 is 2.92 bits per heavy atom. The molecule has 1 aromatic carbocycles. The highest BCUT2D eigenvalue weighted by Crippen LogP contribution is 2.27. The minimum atomic E-state index is -0.139. The van der Waals surface area contributed by atoms with E-state index in [1.807, 2.05) is 43.5 Å². The van der Waals surface area contributed by atoms with Crippen molar-refractivity contribution in [2.75, 3.05) is 5.32 Å². The Morgan fingerprint density at radius 2 is 2.21 bits per heavy atom. The summed E-state index contributed by atoms with van der Waals surface area (Å²) in [5.74, 6) is 0.859. The normalized spacial score (nSPS) is 10.8. The third kappa shape index (κ3) is 3.83. The number of hydrogen-bond acceptors (Lipinski definition) is 5. The lowest BCUT2D eigenvalue weighted by atomic mass is 10.1. The molecule has 5 nitrogen and oxygen atoms in total. The third-order valence-electron chi connectivity index (χ3n) is 3.47. The second kappa shape index (κ2) is 7.15. The summed E-state index contributed by atoms with van der Waals surface area (Å²) < 4.78 is 5.19. The van der Waals surface area contributed by atoms with Crippen LogP contribution in [0, 0.1) is 13.8 Å². The standard InChI is InChI=1S/C17H16ClN3O2S/c1-10-8-11(2)16(12(18)9-10)19-14(22)5-6-15-20-17(21-23-15)13-4-3-7-24-13/h3-4,7-9H,5-6H2,1-2H3,(H,19,22). The fraction of sp³-hybridized carbons (Fsp3) is 0.235. The maximum absolute atomic E-state index is 12.2. The number of rotatable bonds is 5. The van der Waals surface area contributed by atoms with E-state index in [0.717, 1.165) is 16.0 Å². The number of anilines is 1. The summed E-state index contributed by atoms with van der Waals surface area (Å²) in [6.07, 6.45) is 0.627. The second-order valence-electron chi connectivity index (χ2n) is 5.48. The Morgan fingerprint density at radius 1 is 1.38 bits per heavy atom. The van der Waals surface area contributed by atoms with Gasteiger partial charge in [0.2, 0.25) is 17.6 Å². The molecule has 24 heavy (non-hydrogen) atoms. The number of thiophene rings is 1. The van der Waals surface area contributed by atoms with E-state index in [1.165, 1.54) is 0 Å². The van der Waals surface area contributed by atoms with E-state index < -0.39 is 0 Å². The summed E-state index contributed by atoms with van der Waals surface area (Å²) in [7, 11) is 0. The fourth-order valence-corrected chi connectivity index (χ4v) is 3.38. The molecule has 2 heterocycles. The molecule has 0 saturated carbocycles. The lowest BCUT2D eigenvalue weighted by Crippen LogP contribution is -2.13. The summed E-state index contributed by atoms with van der Waals surface area (Å²) in [5, 5.41) is 9.27. The van der Waals surface area contributed by atoms with Gasteiger partial charge >= 0.3 is 0 Å². The fourth-order valence-electron chi connectivity index (χ4n) is 2.36.